The highest BCUT2D eigenvalue weighted by molar-refractivity contribution is 5.89. The fraction of sp³-hybridized carbons (Fsp3) is 0.417. The summed E-state index contributed by atoms with van der Waals surface area (Å²) >= 11 is 0. The van der Waals surface area contributed by atoms with Crippen LogP contribution in [0.1, 0.15) is 19.3 Å². The summed E-state index contributed by atoms with van der Waals surface area (Å²) in [6.45, 7) is 0.547. The molecular weight excluding hydrogens is 202 g/mol. The van der Waals surface area contributed by atoms with E-state index < -0.39 is 0 Å². The summed E-state index contributed by atoms with van der Waals surface area (Å²) in [5.41, 5.74) is 6.62. The Labute approximate surface area is 95.2 Å². The molecule has 0 spiro atoms. The molecule has 0 saturated heterocycles. The number of hydrogen-bond acceptors (Lipinski definition) is 2. The summed E-state index contributed by atoms with van der Waals surface area (Å²) in [4.78, 5) is 11.5. The van der Waals surface area contributed by atoms with Gasteiger partial charge >= 0.3 is 6.03 Å². The van der Waals surface area contributed by atoms with Gasteiger partial charge in [0.1, 0.15) is 0 Å². The second kappa shape index (κ2) is 4.53. The number of nitrogens with two attached hydrogens (primary N) is 1. The number of para-hydroxylation sites is 1. The van der Waals surface area contributed by atoms with Crippen LogP contribution in [0.5, 0.6) is 0 Å². The number of anilines is 1. The fourth-order valence-corrected chi connectivity index (χ4v) is 1.76. The van der Waals surface area contributed by atoms with Gasteiger partial charge in [0.15, 0.2) is 0 Å². The minimum atomic E-state index is -0.192. The van der Waals surface area contributed by atoms with Crippen molar-refractivity contribution in [2.24, 2.45) is 5.73 Å². The van der Waals surface area contributed by atoms with E-state index in [1.807, 2.05) is 30.3 Å². The SMILES string of the molecule is NC1(CNC(=O)Nc2ccccc2)CCC1. The van der Waals surface area contributed by atoms with Crippen LogP contribution in [0.15, 0.2) is 30.3 Å². The Morgan fingerprint density at radius 2 is 2.00 bits per heavy atom. The fourth-order valence-electron chi connectivity index (χ4n) is 1.76. The van der Waals surface area contributed by atoms with E-state index in [1.165, 1.54) is 6.42 Å². The Morgan fingerprint density at radius 1 is 1.31 bits per heavy atom. The molecule has 0 aliphatic heterocycles. The van der Waals surface area contributed by atoms with Crippen molar-refractivity contribution in [2.45, 2.75) is 24.8 Å². The van der Waals surface area contributed by atoms with Gasteiger partial charge in [-0.2, -0.15) is 0 Å². The van der Waals surface area contributed by atoms with Crippen LogP contribution in [-0.4, -0.2) is 18.1 Å². The number of amides is 2. The standard InChI is InChI=1S/C12H17N3O/c13-12(7-4-8-12)9-14-11(16)15-10-5-2-1-3-6-10/h1-3,5-6H,4,7-9,13H2,(H2,14,15,16). The molecule has 1 aliphatic rings. The van der Waals surface area contributed by atoms with Crippen molar-refractivity contribution in [3.8, 4) is 0 Å². The highest BCUT2D eigenvalue weighted by atomic mass is 16.2. The van der Waals surface area contributed by atoms with Crippen LogP contribution in [0.2, 0.25) is 0 Å². The monoisotopic (exact) mass is 219 g/mol. The normalized spacial score (nSPS) is 17.3. The topological polar surface area (TPSA) is 67.1 Å². The molecule has 0 atom stereocenters. The Bertz CT molecular complexity index is 360. The molecule has 2 amide bonds. The Hall–Kier alpha value is -1.55. The van der Waals surface area contributed by atoms with E-state index >= 15 is 0 Å². The number of nitrogens with one attached hydrogen (secondary N) is 2. The second-order valence-electron chi connectivity index (χ2n) is 4.39. The predicted molar refractivity (Wildman–Crippen MR) is 64.2 cm³/mol. The molecule has 0 heterocycles. The lowest BCUT2D eigenvalue weighted by molar-refractivity contribution is 0.225. The number of benzene rings is 1. The molecule has 1 saturated carbocycles. The minimum Gasteiger partial charge on any atom is -0.336 e. The zero-order valence-corrected chi connectivity index (χ0v) is 9.20. The van der Waals surface area contributed by atoms with Gasteiger partial charge in [-0.25, -0.2) is 4.79 Å². The third-order valence-electron chi connectivity index (χ3n) is 2.98. The molecule has 0 radical (unpaired) electrons. The van der Waals surface area contributed by atoms with Crippen molar-refractivity contribution < 1.29 is 4.79 Å². The Balaban J connectivity index is 1.76. The molecule has 4 N–H and O–H groups in total. The van der Waals surface area contributed by atoms with E-state index in [1.54, 1.807) is 0 Å². The molecule has 1 aliphatic carbocycles. The van der Waals surface area contributed by atoms with E-state index in [-0.39, 0.29) is 11.6 Å². The van der Waals surface area contributed by atoms with E-state index in [4.69, 9.17) is 5.73 Å². The number of urea groups is 1. The summed E-state index contributed by atoms with van der Waals surface area (Å²) in [5.74, 6) is 0. The zero-order valence-electron chi connectivity index (χ0n) is 9.20. The molecule has 1 aromatic rings. The van der Waals surface area contributed by atoms with Crippen LogP contribution < -0.4 is 16.4 Å². The van der Waals surface area contributed by atoms with Crippen molar-refractivity contribution >= 4 is 11.7 Å². The van der Waals surface area contributed by atoms with Crippen molar-refractivity contribution in [1.82, 2.24) is 5.32 Å². The van der Waals surface area contributed by atoms with Gasteiger partial charge in [-0.15, -0.1) is 0 Å². The zero-order chi connectivity index (χ0) is 11.4. The smallest absolute Gasteiger partial charge is 0.319 e. The maximum Gasteiger partial charge on any atom is 0.319 e. The highest BCUT2D eigenvalue weighted by Crippen LogP contribution is 2.27. The van der Waals surface area contributed by atoms with Crippen LogP contribution in [0.25, 0.3) is 0 Å². The molecule has 1 fully saturated rings. The van der Waals surface area contributed by atoms with Gasteiger partial charge in [-0.1, -0.05) is 18.2 Å². The van der Waals surface area contributed by atoms with Crippen LogP contribution in [0, 0.1) is 0 Å². The molecule has 2 rings (SSSR count). The first-order valence-corrected chi connectivity index (χ1v) is 5.57. The molecule has 4 heteroatoms. The van der Waals surface area contributed by atoms with E-state index in [0.717, 1.165) is 18.5 Å². The van der Waals surface area contributed by atoms with Gasteiger partial charge < -0.3 is 16.4 Å². The van der Waals surface area contributed by atoms with E-state index in [0.29, 0.717) is 6.54 Å². The lowest BCUT2D eigenvalue weighted by atomic mass is 9.78. The second-order valence-corrected chi connectivity index (χ2v) is 4.39. The number of carbonyl (C=O) groups excluding carboxylic acids is 1. The highest BCUT2D eigenvalue weighted by Gasteiger charge is 2.32. The quantitative estimate of drug-likeness (QED) is 0.724. The summed E-state index contributed by atoms with van der Waals surface area (Å²) < 4.78 is 0. The van der Waals surface area contributed by atoms with Crippen molar-refractivity contribution in [2.75, 3.05) is 11.9 Å². The molecule has 4 nitrogen and oxygen atoms in total. The van der Waals surface area contributed by atoms with Crippen LogP contribution in [0.4, 0.5) is 10.5 Å². The van der Waals surface area contributed by atoms with Gasteiger partial charge in [-0.3, -0.25) is 0 Å². The molecule has 1 aromatic carbocycles. The summed E-state index contributed by atoms with van der Waals surface area (Å²) in [6.07, 6.45) is 3.16. The molecular formula is C12H17N3O. The molecule has 0 aromatic heterocycles. The maximum atomic E-state index is 11.5. The molecule has 16 heavy (non-hydrogen) atoms. The van der Waals surface area contributed by atoms with Crippen LogP contribution >= 0.6 is 0 Å². The number of carbonyl (C=O) groups is 1. The maximum absolute atomic E-state index is 11.5. The molecule has 0 unspecified atom stereocenters. The van der Waals surface area contributed by atoms with E-state index in [2.05, 4.69) is 10.6 Å². The lowest BCUT2D eigenvalue weighted by Gasteiger charge is -2.38. The summed E-state index contributed by atoms with van der Waals surface area (Å²) in [5, 5.41) is 5.56. The van der Waals surface area contributed by atoms with Gasteiger partial charge in [0.2, 0.25) is 0 Å². The van der Waals surface area contributed by atoms with Gasteiger partial charge in [0, 0.05) is 17.8 Å². The first-order valence-electron chi connectivity index (χ1n) is 5.57. The summed E-state index contributed by atoms with van der Waals surface area (Å²) in [6, 6.07) is 9.18. The van der Waals surface area contributed by atoms with Crippen molar-refractivity contribution in [1.29, 1.82) is 0 Å². The summed E-state index contributed by atoms with van der Waals surface area (Å²) in [7, 11) is 0. The molecule has 0 bridgehead atoms. The first kappa shape index (κ1) is 11.0. The largest absolute Gasteiger partial charge is 0.336 e. The number of rotatable bonds is 3. The third kappa shape index (κ3) is 2.73. The minimum absolute atomic E-state index is 0.173. The van der Waals surface area contributed by atoms with Crippen molar-refractivity contribution in [3.63, 3.8) is 0 Å². The van der Waals surface area contributed by atoms with Crippen LogP contribution in [-0.2, 0) is 0 Å². The van der Waals surface area contributed by atoms with E-state index in [9.17, 15) is 4.79 Å². The average molecular weight is 219 g/mol. The van der Waals surface area contributed by atoms with Crippen LogP contribution in [0.3, 0.4) is 0 Å². The Morgan fingerprint density at radius 3 is 2.56 bits per heavy atom. The van der Waals surface area contributed by atoms with Gasteiger partial charge in [-0.05, 0) is 31.4 Å². The number of hydrogen-bond donors (Lipinski definition) is 3. The average Bonchev–Trinajstić information content (AvgIpc) is 2.25. The van der Waals surface area contributed by atoms with Gasteiger partial charge in [0.05, 0.1) is 0 Å². The van der Waals surface area contributed by atoms with Gasteiger partial charge in [0.25, 0.3) is 0 Å². The first-order chi connectivity index (χ1) is 7.68. The van der Waals surface area contributed by atoms with Crippen molar-refractivity contribution in [3.05, 3.63) is 30.3 Å². The third-order valence-corrected chi connectivity index (χ3v) is 2.98. The predicted octanol–water partition coefficient (Wildman–Crippen LogP) is 1.69. The Kier molecular flexibility index (Phi) is 3.10. The molecule has 86 valence electrons. The lowest BCUT2D eigenvalue weighted by Crippen LogP contribution is -2.55.